The molecule has 0 atom stereocenters. The van der Waals surface area contributed by atoms with Crippen LogP contribution < -0.4 is 5.32 Å². The molecule has 0 saturated carbocycles. The van der Waals surface area contributed by atoms with Crippen LogP contribution in [0.4, 0.5) is 5.69 Å². The van der Waals surface area contributed by atoms with Crippen LogP contribution in [0.5, 0.6) is 0 Å². The van der Waals surface area contributed by atoms with E-state index in [9.17, 15) is 4.79 Å². The van der Waals surface area contributed by atoms with Crippen molar-refractivity contribution in [3.63, 3.8) is 0 Å². The van der Waals surface area contributed by atoms with E-state index in [4.69, 9.17) is 23.2 Å². The van der Waals surface area contributed by atoms with Gasteiger partial charge in [-0.15, -0.1) is 0 Å². The number of rotatable bonds is 3. The number of aromatic nitrogens is 2. The number of hydrogen-bond donors (Lipinski definition) is 1. The normalized spacial score (nSPS) is 10.7. The first-order valence-electron chi connectivity index (χ1n) is 6.12. The number of amides is 1. The number of carbonyl (C=O) groups excluding carboxylic acids is 1. The standard InChI is InChI=1S/C14H15Cl2N3O/c1-8-11(9(2)19(3)18-8)7-14(20)17-13-5-4-10(15)6-12(13)16/h4-6H,7H2,1-3H3,(H,17,20). The quantitative estimate of drug-likeness (QED) is 0.942. The third-order valence-corrected chi connectivity index (χ3v) is 3.75. The minimum absolute atomic E-state index is 0.131. The van der Waals surface area contributed by atoms with Gasteiger partial charge in [-0.2, -0.15) is 5.10 Å². The molecule has 4 nitrogen and oxygen atoms in total. The first-order valence-corrected chi connectivity index (χ1v) is 6.88. The van der Waals surface area contributed by atoms with Crippen LogP contribution in [-0.4, -0.2) is 15.7 Å². The zero-order valence-corrected chi connectivity index (χ0v) is 13.0. The summed E-state index contributed by atoms with van der Waals surface area (Å²) in [6, 6.07) is 4.97. The topological polar surface area (TPSA) is 46.9 Å². The fourth-order valence-corrected chi connectivity index (χ4v) is 2.47. The number of nitrogens with zero attached hydrogens (tertiary/aromatic N) is 2. The van der Waals surface area contributed by atoms with Crippen LogP contribution in [0.15, 0.2) is 18.2 Å². The lowest BCUT2D eigenvalue weighted by atomic mass is 10.1. The molecule has 1 N–H and O–H groups in total. The first kappa shape index (κ1) is 14.9. The van der Waals surface area contributed by atoms with Gasteiger partial charge in [-0.1, -0.05) is 23.2 Å². The van der Waals surface area contributed by atoms with E-state index in [-0.39, 0.29) is 12.3 Å². The number of anilines is 1. The Morgan fingerprint density at radius 2 is 2.05 bits per heavy atom. The average molecular weight is 312 g/mol. The van der Waals surface area contributed by atoms with Gasteiger partial charge in [-0.05, 0) is 32.0 Å². The molecule has 0 aliphatic carbocycles. The van der Waals surface area contributed by atoms with E-state index in [0.29, 0.717) is 15.7 Å². The molecule has 0 bridgehead atoms. The average Bonchev–Trinajstić information content (AvgIpc) is 2.60. The van der Waals surface area contributed by atoms with Gasteiger partial charge < -0.3 is 5.32 Å². The highest BCUT2D eigenvalue weighted by Gasteiger charge is 2.14. The van der Waals surface area contributed by atoms with Crippen molar-refractivity contribution in [3.05, 3.63) is 45.2 Å². The molecule has 1 amide bonds. The van der Waals surface area contributed by atoms with Gasteiger partial charge in [0.05, 0.1) is 22.8 Å². The number of aryl methyl sites for hydroxylation is 2. The lowest BCUT2D eigenvalue weighted by Gasteiger charge is -2.08. The van der Waals surface area contributed by atoms with Crippen LogP contribution in [0.1, 0.15) is 17.0 Å². The minimum atomic E-state index is -0.131. The number of halogens is 2. The van der Waals surface area contributed by atoms with Crippen molar-refractivity contribution in [3.8, 4) is 0 Å². The van der Waals surface area contributed by atoms with Crippen molar-refractivity contribution in [2.45, 2.75) is 20.3 Å². The Labute approximate surface area is 127 Å². The van der Waals surface area contributed by atoms with Gasteiger partial charge in [0, 0.05) is 23.3 Å². The largest absolute Gasteiger partial charge is 0.324 e. The second kappa shape index (κ2) is 5.85. The van der Waals surface area contributed by atoms with Gasteiger partial charge in [0.1, 0.15) is 0 Å². The molecule has 2 aromatic rings. The zero-order valence-electron chi connectivity index (χ0n) is 11.5. The predicted octanol–water partition coefficient (Wildman–Crippen LogP) is 3.52. The summed E-state index contributed by atoms with van der Waals surface area (Å²) >= 11 is 11.8. The molecule has 1 aromatic carbocycles. The maximum absolute atomic E-state index is 12.1. The summed E-state index contributed by atoms with van der Waals surface area (Å²) < 4.78 is 1.77. The van der Waals surface area contributed by atoms with Crippen LogP contribution in [0.3, 0.4) is 0 Å². The summed E-state index contributed by atoms with van der Waals surface area (Å²) in [6.07, 6.45) is 0.268. The molecule has 0 fully saturated rings. The molecule has 6 heteroatoms. The number of carbonyl (C=O) groups is 1. The Morgan fingerprint density at radius 1 is 1.35 bits per heavy atom. The van der Waals surface area contributed by atoms with E-state index in [0.717, 1.165) is 17.0 Å². The van der Waals surface area contributed by atoms with Gasteiger partial charge >= 0.3 is 0 Å². The molecule has 0 aliphatic rings. The van der Waals surface area contributed by atoms with Crippen LogP contribution in [0.2, 0.25) is 10.0 Å². The van der Waals surface area contributed by atoms with E-state index < -0.39 is 0 Å². The minimum Gasteiger partial charge on any atom is -0.324 e. The third kappa shape index (κ3) is 3.14. The Balaban J connectivity index is 2.13. The van der Waals surface area contributed by atoms with Crippen LogP contribution in [0.25, 0.3) is 0 Å². The molecule has 0 radical (unpaired) electrons. The molecule has 0 saturated heterocycles. The number of hydrogen-bond acceptors (Lipinski definition) is 2. The molecule has 0 unspecified atom stereocenters. The van der Waals surface area contributed by atoms with Gasteiger partial charge in [-0.25, -0.2) is 0 Å². The first-order chi connectivity index (χ1) is 9.38. The summed E-state index contributed by atoms with van der Waals surface area (Å²) in [7, 11) is 1.86. The lowest BCUT2D eigenvalue weighted by molar-refractivity contribution is -0.115. The molecule has 0 aliphatic heterocycles. The summed E-state index contributed by atoms with van der Waals surface area (Å²) in [6.45, 7) is 3.84. The summed E-state index contributed by atoms with van der Waals surface area (Å²) in [5, 5.41) is 8.03. The Bertz CT molecular complexity index is 665. The fraction of sp³-hybridized carbons (Fsp3) is 0.286. The zero-order chi connectivity index (χ0) is 14.9. The lowest BCUT2D eigenvalue weighted by Crippen LogP contribution is -2.15. The summed E-state index contributed by atoms with van der Waals surface area (Å²) in [5.41, 5.74) is 3.34. The third-order valence-electron chi connectivity index (χ3n) is 3.20. The summed E-state index contributed by atoms with van der Waals surface area (Å²) in [4.78, 5) is 12.1. The van der Waals surface area contributed by atoms with E-state index in [1.54, 1.807) is 22.9 Å². The molecular weight excluding hydrogens is 297 g/mol. The number of nitrogens with one attached hydrogen (secondary N) is 1. The molecule has 2 rings (SSSR count). The van der Waals surface area contributed by atoms with Crippen LogP contribution in [0, 0.1) is 13.8 Å². The van der Waals surface area contributed by atoms with Crippen molar-refractivity contribution < 1.29 is 4.79 Å². The highest BCUT2D eigenvalue weighted by atomic mass is 35.5. The molecular formula is C14H15Cl2N3O. The molecule has 1 heterocycles. The molecule has 0 spiro atoms. The van der Waals surface area contributed by atoms with Gasteiger partial charge in [-0.3, -0.25) is 9.48 Å². The Hall–Kier alpha value is -1.52. The van der Waals surface area contributed by atoms with E-state index in [2.05, 4.69) is 10.4 Å². The van der Waals surface area contributed by atoms with Gasteiger partial charge in [0.25, 0.3) is 0 Å². The second-order valence-corrected chi connectivity index (χ2v) is 5.47. The van der Waals surface area contributed by atoms with E-state index >= 15 is 0 Å². The maximum atomic E-state index is 12.1. The predicted molar refractivity (Wildman–Crippen MR) is 81.5 cm³/mol. The molecule has 1 aromatic heterocycles. The highest BCUT2D eigenvalue weighted by molar-refractivity contribution is 6.36. The van der Waals surface area contributed by atoms with Crippen molar-refractivity contribution in [2.24, 2.45) is 7.05 Å². The number of benzene rings is 1. The van der Waals surface area contributed by atoms with Gasteiger partial charge in [0.2, 0.25) is 5.91 Å². The Kier molecular flexibility index (Phi) is 4.35. The Morgan fingerprint density at radius 3 is 2.60 bits per heavy atom. The molecule has 20 heavy (non-hydrogen) atoms. The van der Waals surface area contributed by atoms with Crippen molar-refractivity contribution >= 4 is 34.8 Å². The molecule has 106 valence electrons. The van der Waals surface area contributed by atoms with E-state index in [1.165, 1.54) is 0 Å². The maximum Gasteiger partial charge on any atom is 0.228 e. The van der Waals surface area contributed by atoms with E-state index in [1.807, 2.05) is 20.9 Å². The van der Waals surface area contributed by atoms with Crippen LogP contribution in [-0.2, 0) is 18.3 Å². The van der Waals surface area contributed by atoms with Crippen molar-refractivity contribution in [1.82, 2.24) is 9.78 Å². The second-order valence-electron chi connectivity index (χ2n) is 4.62. The fourth-order valence-electron chi connectivity index (χ4n) is 2.02. The summed E-state index contributed by atoms with van der Waals surface area (Å²) in [5.74, 6) is -0.131. The van der Waals surface area contributed by atoms with Crippen LogP contribution >= 0.6 is 23.2 Å². The monoisotopic (exact) mass is 311 g/mol. The van der Waals surface area contributed by atoms with Crippen molar-refractivity contribution in [2.75, 3.05) is 5.32 Å². The SMILES string of the molecule is Cc1nn(C)c(C)c1CC(=O)Nc1ccc(Cl)cc1Cl. The van der Waals surface area contributed by atoms with Crippen molar-refractivity contribution in [1.29, 1.82) is 0 Å². The highest BCUT2D eigenvalue weighted by Crippen LogP contribution is 2.25. The van der Waals surface area contributed by atoms with Gasteiger partial charge in [0.15, 0.2) is 0 Å². The smallest absolute Gasteiger partial charge is 0.228 e.